The van der Waals surface area contributed by atoms with Crippen molar-refractivity contribution in [3.63, 3.8) is 0 Å². The zero-order valence-electron chi connectivity index (χ0n) is 13.7. The average Bonchev–Trinajstić information content (AvgIpc) is 2.51. The van der Waals surface area contributed by atoms with Crippen LogP contribution >= 0.6 is 0 Å². The number of carbonyl (C=O) groups is 1. The number of halogens is 1. The predicted molar refractivity (Wildman–Crippen MR) is 92.1 cm³/mol. The van der Waals surface area contributed by atoms with Crippen LogP contribution in [0.25, 0.3) is 0 Å². The van der Waals surface area contributed by atoms with Crippen molar-refractivity contribution in [2.45, 2.75) is 25.7 Å². The van der Waals surface area contributed by atoms with Crippen LogP contribution in [0.3, 0.4) is 0 Å². The van der Waals surface area contributed by atoms with Crippen molar-refractivity contribution in [3.8, 4) is 0 Å². The first-order chi connectivity index (χ1) is 11.3. The SMILES string of the molecule is CCN(c1ccc(F)cc1)S(=O)(=O)c1cc(NC(C)=O)ccc1C. The summed E-state index contributed by atoms with van der Waals surface area (Å²) in [6.07, 6.45) is 0. The van der Waals surface area contributed by atoms with Gasteiger partial charge in [-0.2, -0.15) is 0 Å². The van der Waals surface area contributed by atoms with Crippen LogP contribution in [0.5, 0.6) is 0 Å². The quantitative estimate of drug-likeness (QED) is 0.900. The summed E-state index contributed by atoms with van der Waals surface area (Å²) >= 11 is 0. The number of anilines is 2. The van der Waals surface area contributed by atoms with Gasteiger partial charge in [-0.3, -0.25) is 9.10 Å². The monoisotopic (exact) mass is 350 g/mol. The molecule has 0 unspecified atom stereocenters. The van der Waals surface area contributed by atoms with Crippen LogP contribution in [0.2, 0.25) is 0 Å². The third-order valence-electron chi connectivity index (χ3n) is 3.48. The fourth-order valence-corrected chi connectivity index (χ4v) is 4.10. The molecule has 0 fully saturated rings. The predicted octanol–water partition coefficient (Wildman–Crippen LogP) is 3.31. The van der Waals surface area contributed by atoms with E-state index in [0.29, 0.717) is 16.9 Å². The second-order valence-electron chi connectivity index (χ2n) is 5.31. The molecule has 1 N–H and O–H groups in total. The lowest BCUT2D eigenvalue weighted by Crippen LogP contribution is -2.31. The molecular formula is C17H19FN2O3S. The minimum absolute atomic E-state index is 0.0972. The third kappa shape index (κ3) is 3.73. The first-order valence-corrected chi connectivity index (χ1v) is 8.86. The summed E-state index contributed by atoms with van der Waals surface area (Å²) in [6, 6.07) is 9.98. The maximum absolute atomic E-state index is 13.1. The van der Waals surface area contributed by atoms with Gasteiger partial charge in [0.1, 0.15) is 5.82 Å². The number of aryl methyl sites for hydroxylation is 1. The summed E-state index contributed by atoms with van der Waals surface area (Å²) in [4.78, 5) is 11.3. The van der Waals surface area contributed by atoms with Gasteiger partial charge in [-0.1, -0.05) is 6.07 Å². The summed E-state index contributed by atoms with van der Waals surface area (Å²) in [7, 11) is -3.85. The molecule has 0 aliphatic carbocycles. The standard InChI is InChI=1S/C17H19FN2O3S/c1-4-20(16-9-6-14(18)7-10-16)24(22,23)17-11-15(19-13(3)21)8-5-12(17)2/h5-11H,4H2,1-3H3,(H,19,21). The van der Waals surface area contributed by atoms with Crippen molar-refractivity contribution >= 4 is 27.3 Å². The molecule has 1 amide bonds. The molecule has 0 saturated carbocycles. The Kier molecular flexibility index (Phi) is 5.23. The Bertz CT molecular complexity index is 849. The van der Waals surface area contributed by atoms with Gasteiger partial charge in [-0.15, -0.1) is 0 Å². The zero-order valence-corrected chi connectivity index (χ0v) is 14.5. The molecule has 0 radical (unpaired) electrons. The highest BCUT2D eigenvalue weighted by Gasteiger charge is 2.25. The second-order valence-corrected chi connectivity index (χ2v) is 7.14. The van der Waals surface area contributed by atoms with Crippen LogP contribution in [0.1, 0.15) is 19.4 Å². The Morgan fingerprint density at radius 1 is 1.17 bits per heavy atom. The van der Waals surface area contributed by atoms with E-state index in [1.807, 2.05) is 0 Å². The first kappa shape index (κ1) is 17.9. The Morgan fingerprint density at radius 2 is 1.79 bits per heavy atom. The van der Waals surface area contributed by atoms with E-state index in [9.17, 15) is 17.6 Å². The number of benzene rings is 2. The minimum Gasteiger partial charge on any atom is -0.326 e. The Labute approximate surface area is 141 Å². The van der Waals surface area contributed by atoms with Crippen molar-refractivity contribution in [1.82, 2.24) is 0 Å². The lowest BCUT2D eigenvalue weighted by Gasteiger charge is -2.24. The number of nitrogens with zero attached hydrogens (tertiary/aromatic N) is 1. The van der Waals surface area contributed by atoms with Crippen molar-refractivity contribution in [3.05, 3.63) is 53.8 Å². The van der Waals surface area contributed by atoms with E-state index in [4.69, 9.17) is 0 Å². The molecule has 2 aromatic rings. The van der Waals surface area contributed by atoms with Gasteiger partial charge in [-0.25, -0.2) is 12.8 Å². The molecule has 0 saturated heterocycles. The van der Waals surface area contributed by atoms with Crippen molar-refractivity contribution in [2.75, 3.05) is 16.2 Å². The van der Waals surface area contributed by atoms with Gasteiger partial charge in [0, 0.05) is 19.2 Å². The highest BCUT2D eigenvalue weighted by atomic mass is 32.2. The van der Waals surface area contributed by atoms with E-state index in [-0.39, 0.29) is 17.3 Å². The fourth-order valence-electron chi connectivity index (χ4n) is 2.38. The molecule has 0 aliphatic rings. The van der Waals surface area contributed by atoms with E-state index in [1.165, 1.54) is 41.6 Å². The van der Waals surface area contributed by atoms with E-state index in [1.54, 1.807) is 26.0 Å². The molecule has 0 aliphatic heterocycles. The highest BCUT2D eigenvalue weighted by molar-refractivity contribution is 7.92. The van der Waals surface area contributed by atoms with Crippen LogP contribution < -0.4 is 9.62 Å². The molecule has 24 heavy (non-hydrogen) atoms. The van der Waals surface area contributed by atoms with E-state index < -0.39 is 15.8 Å². The summed E-state index contributed by atoms with van der Waals surface area (Å²) < 4.78 is 40.4. The third-order valence-corrected chi connectivity index (χ3v) is 5.52. The van der Waals surface area contributed by atoms with Gasteiger partial charge in [-0.05, 0) is 55.8 Å². The highest BCUT2D eigenvalue weighted by Crippen LogP contribution is 2.27. The molecule has 0 aromatic heterocycles. The fraction of sp³-hybridized carbons (Fsp3) is 0.235. The van der Waals surface area contributed by atoms with E-state index in [0.717, 1.165) is 0 Å². The van der Waals surface area contributed by atoms with E-state index >= 15 is 0 Å². The molecule has 128 valence electrons. The number of hydrogen-bond donors (Lipinski definition) is 1. The zero-order chi connectivity index (χ0) is 17.9. The number of amides is 1. The number of sulfonamides is 1. The van der Waals surface area contributed by atoms with Gasteiger partial charge >= 0.3 is 0 Å². The Morgan fingerprint density at radius 3 is 2.33 bits per heavy atom. The van der Waals surface area contributed by atoms with Gasteiger partial charge in [0.2, 0.25) is 5.91 Å². The van der Waals surface area contributed by atoms with Gasteiger partial charge in [0.15, 0.2) is 0 Å². The molecule has 5 nitrogen and oxygen atoms in total. The summed E-state index contributed by atoms with van der Waals surface area (Å²) in [6.45, 7) is 4.93. The number of rotatable bonds is 5. The Balaban J connectivity index is 2.51. The van der Waals surface area contributed by atoms with Crippen LogP contribution in [0.15, 0.2) is 47.4 Å². The minimum atomic E-state index is -3.85. The van der Waals surface area contributed by atoms with Crippen molar-refractivity contribution < 1.29 is 17.6 Å². The molecule has 0 spiro atoms. The molecule has 2 rings (SSSR count). The second kappa shape index (κ2) is 7.00. The maximum Gasteiger partial charge on any atom is 0.264 e. The van der Waals surface area contributed by atoms with Crippen LogP contribution in [-0.4, -0.2) is 20.9 Å². The molecular weight excluding hydrogens is 331 g/mol. The molecule has 7 heteroatoms. The maximum atomic E-state index is 13.1. The lowest BCUT2D eigenvalue weighted by atomic mass is 10.2. The number of nitrogens with one attached hydrogen (secondary N) is 1. The topological polar surface area (TPSA) is 66.5 Å². The van der Waals surface area contributed by atoms with Crippen LogP contribution in [-0.2, 0) is 14.8 Å². The van der Waals surface area contributed by atoms with Crippen LogP contribution in [0, 0.1) is 12.7 Å². The molecule has 0 heterocycles. The molecule has 0 atom stereocenters. The summed E-state index contributed by atoms with van der Waals surface area (Å²) in [5.41, 5.74) is 1.34. The number of hydrogen-bond acceptors (Lipinski definition) is 3. The first-order valence-electron chi connectivity index (χ1n) is 7.42. The van der Waals surface area contributed by atoms with E-state index in [2.05, 4.69) is 5.32 Å². The lowest BCUT2D eigenvalue weighted by molar-refractivity contribution is -0.114. The largest absolute Gasteiger partial charge is 0.326 e. The summed E-state index contributed by atoms with van der Waals surface area (Å²) in [5.74, 6) is -0.718. The van der Waals surface area contributed by atoms with Crippen molar-refractivity contribution in [2.24, 2.45) is 0 Å². The Hall–Kier alpha value is -2.41. The average molecular weight is 350 g/mol. The number of carbonyl (C=O) groups excluding carboxylic acids is 1. The molecule has 2 aromatic carbocycles. The van der Waals surface area contributed by atoms with Gasteiger partial charge < -0.3 is 5.32 Å². The van der Waals surface area contributed by atoms with Gasteiger partial charge in [0.25, 0.3) is 10.0 Å². The van der Waals surface area contributed by atoms with Gasteiger partial charge in [0.05, 0.1) is 10.6 Å². The van der Waals surface area contributed by atoms with Crippen LogP contribution in [0.4, 0.5) is 15.8 Å². The summed E-state index contributed by atoms with van der Waals surface area (Å²) in [5, 5.41) is 2.58. The van der Waals surface area contributed by atoms with Crippen molar-refractivity contribution in [1.29, 1.82) is 0 Å². The smallest absolute Gasteiger partial charge is 0.264 e. The molecule has 0 bridgehead atoms. The normalized spacial score (nSPS) is 11.2.